The first-order chi connectivity index (χ1) is 22.2. The number of aromatic nitrogens is 2. The molecule has 0 aliphatic carbocycles. The SMILES string of the molecule is CCCCCCCCCCCCCCCCOP(=O)(CCN1C[C@H](O)C[C@H]1CO)OC[C@H]1O[C@@H](n2ccc(=O)[nH]c2=O)[C@H](O)[C@@H]1O. The van der Waals surface area contributed by atoms with Crippen LogP contribution in [0.25, 0.3) is 0 Å². The Kier molecular flexibility index (Phi) is 17.7. The molecule has 0 saturated carbocycles. The van der Waals surface area contributed by atoms with Crippen LogP contribution in [-0.2, 0) is 18.3 Å². The molecule has 0 radical (unpaired) electrons. The lowest BCUT2D eigenvalue weighted by Gasteiger charge is -2.26. The van der Waals surface area contributed by atoms with Gasteiger partial charge in [-0.15, -0.1) is 0 Å². The topological polar surface area (TPSA) is 184 Å². The van der Waals surface area contributed by atoms with Gasteiger partial charge in [0.25, 0.3) is 5.56 Å². The average Bonchev–Trinajstić information content (AvgIpc) is 3.54. The van der Waals surface area contributed by atoms with Crippen molar-refractivity contribution in [2.75, 3.05) is 39.1 Å². The fourth-order valence-corrected chi connectivity index (χ4v) is 7.87. The number of rotatable bonds is 24. The van der Waals surface area contributed by atoms with E-state index in [9.17, 15) is 34.6 Å². The minimum absolute atomic E-state index is 0.00298. The van der Waals surface area contributed by atoms with Gasteiger partial charge in [-0.2, -0.15) is 0 Å². The van der Waals surface area contributed by atoms with Gasteiger partial charge in [0, 0.05) is 31.4 Å². The summed E-state index contributed by atoms with van der Waals surface area (Å²) < 4.78 is 32.2. The summed E-state index contributed by atoms with van der Waals surface area (Å²) in [5.41, 5.74) is -1.42. The number of hydrogen-bond donors (Lipinski definition) is 5. The summed E-state index contributed by atoms with van der Waals surface area (Å²) >= 11 is 0. The molecule has 0 bridgehead atoms. The Morgan fingerprint density at radius 2 is 1.52 bits per heavy atom. The van der Waals surface area contributed by atoms with Crippen LogP contribution in [-0.4, -0.2) is 104 Å². The van der Waals surface area contributed by atoms with Gasteiger partial charge in [-0.1, -0.05) is 90.4 Å². The molecule has 0 amide bonds. The third-order valence-electron chi connectivity index (χ3n) is 9.06. The van der Waals surface area contributed by atoms with Crippen molar-refractivity contribution in [1.29, 1.82) is 0 Å². The lowest BCUT2D eigenvalue weighted by atomic mass is 10.0. The number of aliphatic hydroxyl groups is 4. The zero-order valence-corrected chi connectivity index (χ0v) is 28.4. The lowest BCUT2D eigenvalue weighted by Crippen LogP contribution is -2.37. The van der Waals surface area contributed by atoms with E-state index in [1.807, 2.05) is 4.90 Å². The van der Waals surface area contributed by atoms with Crippen molar-refractivity contribution >= 4 is 7.60 Å². The van der Waals surface area contributed by atoms with E-state index in [0.717, 1.165) is 36.1 Å². The van der Waals surface area contributed by atoms with E-state index in [1.54, 1.807) is 0 Å². The molecule has 3 heterocycles. The summed E-state index contributed by atoms with van der Waals surface area (Å²) in [6.07, 6.45) is 12.7. The van der Waals surface area contributed by atoms with Crippen LogP contribution < -0.4 is 11.2 Å². The van der Waals surface area contributed by atoms with E-state index in [1.165, 1.54) is 64.2 Å². The van der Waals surface area contributed by atoms with E-state index in [4.69, 9.17) is 13.8 Å². The van der Waals surface area contributed by atoms with Crippen molar-refractivity contribution in [3.05, 3.63) is 33.1 Å². The Hall–Kier alpha value is -1.41. The molecule has 1 aromatic rings. The molecule has 7 atom stereocenters. The van der Waals surface area contributed by atoms with E-state index in [0.29, 0.717) is 19.4 Å². The monoisotopic (exact) mass is 675 g/mol. The molecule has 266 valence electrons. The smallest absolute Gasteiger partial charge is 0.332 e. The molecule has 2 aliphatic heterocycles. The molecule has 0 spiro atoms. The van der Waals surface area contributed by atoms with Crippen LogP contribution >= 0.6 is 7.60 Å². The van der Waals surface area contributed by atoms with Crippen LogP contribution in [0.15, 0.2) is 21.9 Å². The maximum Gasteiger partial charge on any atom is 0.332 e. The van der Waals surface area contributed by atoms with Gasteiger partial charge in [0.15, 0.2) is 6.23 Å². The number of hydrogen-bond acceptors (Lipinski definition) is 11. The number of aromatic amines is 1. The Balaban J connectivity index is 1.43. The van der Waals surface area contributed by atoms with Crippen LogP contribution in [0.4, 0.5) is 0 Å². The van der Waals surface area contributed by atoms with Gasteiger partial charge in [0.05, 0.1) is 32.1 Å². The van der Waals surface area contributed by atoms with Crippen molar-refractivity contribution in [2.45, 2.75) is 140 Å². The van der Waals surface area contributed by atoms with Crippen LogP contribution in [0.1, 0.15) is 109 Å². The molecule has 2 aliphatic rings. The molecule has 14 heteroatoms. The number of H-pyrrole nitrogens is 1. The summed E-state index contributed by atoms with van der Waals surface area (Å²) in [5.74, 6) is 0. The van der Waals surface area contributed by atoms with Gasteiger partial charge in [0.2, 0.25) is 0 Å². The van der Waals surface area contributed by atoms with Crippen LogP contribution in [0.3, 0.4) is 0 Å². The Bertz CT molecular complexity index is 1150. The van der Waals surface area contributed by atoms with Gasteiger partial charge >= 0.3 is 13.3 Å². The highest BCUT2D eigenvalue weighted by atomic mass is 31.2. The molecule has 0 aromatic carbocycles. The molecular formula is C32H58N3O10P. The minimum atomic E-state index is -3.72. The maximum absolute atomic E-state index is 13.9. The average molecular weight is 676 g/mol. The summed E-state index contributed by atoms with van der Waals surface area (Å²) in [6, 6.07) is 0.850. The van der Waals surface area contributed by atoms with Crippen molar-refractivity contribution in [1.82, 2.24) is 14.5 Å². The molecule has 1 unspecified atom stereocenters. The number of aliphatic hydroxyl groups excluding tert-OH is 4. The highest BCUT2D eigenvalue weighted by Crippen LogP contribution is 2.49. The summed E-state index contributed by atoms with van der Waals surface area (Å²) in [5, 5.41) is 40.9. The highest BCUT2D eigenvalue weighted by molar-refractivity contribution is 7.53. The second-order valence-electron chi connectivity index (χ2n) is 12.8. The molecule has 46 heavy (non-hydrogen) atoms. The summed E-state index contributed by atoms with van der Waals surface area (Å²) in [7, 11) is -3.72. The molecule has 1 aromatic heterocycles. The van der Waals surface area contributed by atoms with Gasteiger partial charge in [-0.3, -0.25) is 23.8 Å². The zero-order valence-electron chi connectivity index (χ0n) is 27.5. The van der Waals surface area contributed by atoms with Crippen molar-refractivity contribution in [3.63, 3.8) is 0 Å². The zero-order chi connectivity index (χ0) is 33.4. The third-order valence-corrected chi connectivity index (χ3v) is 10.9. The fourth-order valence-electron chi connectivity index (χ4n) is 6.25. The minimum Gasteiger partial charge on any atom is -0.395 e. The Morgan fingerprint density at radius 3 is 2.11 bits per heavy atom. The van der Waals surface area contributed by atoms with Gasteiger partial charge in [-0.25, -0.2) is 4.79 Å². The van der Waals surface area contributed by atoms with E-state index in [2.05, 4.69) is 11.9 Å². The van der Waals surface area contributed by atoms with E-state index in [-0.39, 0.29) is 38.6 Å². The number of nitrogens with one attached hydrogen (secondary N) is 1. The number of ether oxygens (including phenoxy) is 1. The first-order valence-electron chi connectivity index (χ1n) is 17.4. The molecule has 2 fully saturated rings. The first kappa shape index (κ1) is 39.0. The highest BCUT2D eigenvalue weighted by Gasteiger charge is 2.45. The first-order valence-corrected chi connectivity index (χ1v) is 19.1. The predicted molar refractivity (Wildman–Crippen MR) is 175 cm³/mol. The Morgan fingerprint density at radius 1 is 0.913 bits per heavy atom. The molecule has 2 saturated heterocycles. The number of likely N-dealkylation sites (tertiary alicyclic amines) is 1. The van der Waals surface area contributed by atoms with Crippen molar-refractivity contribution < 1.29 is 38.8 Å². The van der Waals surface area contributed by atoms with Crippen molar-refractivity contribution in [3.8, 4) is 0 Å². The van der Waals surface area contributed by atoms with Gasteiger partial charge in [-0.05, 0) is 12.8 Å². The number of nitrogens with zero attached hydrogens (tertiary/aromatic N) is 2. The van der Waals surface area contributed by atoms with Crippen molar-refractivity contribution in [2.24, 2.45) is 0 Å². The predicted octanol–water partition coefficient (Wildman–Crippen LogP) is 3.29. The fraction of sp³-hybridized carbons (Fsp3) is 0.875. The lowest BCUT2D eigenvalue weighted by molar-refractivity contribution is -0.0531. The summed E-state index contributed by atoms with van der Waals surface area (Å²) in [4.78, 5) is 27.6. The van der Waals surface area contributed by atoms with E-state index < -0.39 is 49.5 Å². The Labute approximate surface area is 272 Å². The second kappa shape index (κ2) is 20.8. The number of β-amino-alcohol motifs (C(OH)–C–C–N with tert-alkyl or cyclic N) is 1. The number of unbranched alkanes of at least 4 members (excludes halogenated alkanes) is 13. The van der Waals surface area contributed by atoms with E-state index >= 15 is 0 Å². The van der Waals surface area contributed by atoms with Crippen LogP contribution in [0, 0.1) is 0 Å². The van der Waals surface area contributed by atoms with Gasteiger partial charge in [0.1, 0.15) is 18.3 Å². The van der Waals surface area contributed by atoms with Crippen LogP contribution in [0.5, 0.6) is 0 Å². The third kappa shape index (κ3) is 12.9. The largest absolute Gasteiger partial charge is 0.395 e. The maximum atomic E-state index is 13.9. The normalized spacial score (nSPS) is 26.5. The summed E-state index contributed by atoms with van der Waals surface area (Å²) in [6.45, 7) is 2.59. The molecule has 13 nitrogen and oxygen atoms in total. The van der Waals surface area contributed by atoms with Crippen LogP contribution in [0.2, 0.25) is 0 Å². The quantitative estimate of drug-likeness (QED) is 0.0801. The standard InChI is InChI=1S/C32H58N3O10P/c1-2-3-4-5-6-7-8-9-10-11-12-13-14-15-19-43-46(42,20-18-34-22-26(37)21-25(34)23-36)44-24-27-29(39)30(40)31(45-27)35-17-16-28(38)33-32(35)41/h16-17,25-27,29-31,36-37,39-40H,2-15,18-24H2,1H3,(H,33,38,41)/t25-,26+,27+,29+,30+,31+,46?/m0/s1. The molecule has 3 rings (SSSR count). The molecular weight excluding hydrogens is 617 g/mol. The second-order valence-corrected chi connectivity index (χ2v) is 15.0. The van der Waals surface area contributed by atoms with Gasteiger partial charge < -0.3 is 34.2 Å². The molecule has 5 N–H and O–H groups in total.